The lowest BCUT2D eigenvalue weighted by Gasteiger charge is -2.11. The van der Waals surface area contributed by atoms with Crippen molar-refractivity contribution in [3.63, 3.8) is 0 Å². The number of halogens is 1. The van der Waals surface area contributed by atoms with E-state index >= 15 is 0 Å². The predicted octanol–water partition coefficient (Wildman–Crippen LogP) is 2.06. The Labute approximate surface area is 106 Å². The summed E-state index contributed by atoms with van der Waals surface area (Å²) >= 11 is 5.81. The molecular formula is C11H11ClN2O2S. The quantitative estimate of drug-likeness (QED) is 0.852. The zero-order valence-corrected chi connectivity index (χ0v) is 10.7. The molecule has 1 unspecified atom stereocenters. The summed E-state index contributed by atoms with van der Waals surface area (Å²) in [6.45, 7) is 5.13. The van der Waals surface area contributed by atoms with Gasteiger partial charge in [0.25, 0.3) is 0 Å². The van der Waals surface area contributed by atoms with Crippen LogP contribution in [-0.4, -0.2) is 14.5 Å². The molecule has 0 bridgehead atoms. The molecule has 17 heavy (non-hydrogen) atoms. The average molecular weight is 271 g/mol. The number of nitrogens with zero attached hydrogens (tertiary/aromatic N) is 1. The fraction of sp³-hybridized carbons (Fsp3) is 0.182. The van der Waals surface area contributed by atoms with Crippen LogP contribution in [0.1, 0.15) is 12.5 Å². The van der Waals surface area contributed by atoms with Crippen molar-refractivity contribution in [3.8, 4) is 6.07 Å². The Bertz CT molecular complexity index is 576. The van der Waals surface area contributed by atoms with Crippen LogP contribution in [0.2, 0.25) is 5.02 Å². The van der Waals surface area contributed by atoms with Gasteiger partial charge >= 0.3 is 0 Å². The molecule has 0 heterocycles. The third-order valence-corrected chi connectivity index (χ3v) is 4.08. The Morgan fingerprint density at radius 3 is 2.76 bits per heavy atom. The van der Waals surface area contributed by atoms with Crippen molar-refractivity contribution >= 4 is 21.6 Å². The number of sulfonamides is 1. The minimum atomic E-state index is -3.74. The Balaban J connectivity index is 3.24. The van der Waals surface area contributed by atoms with Crippen molar-refractivity contribution in [1.82, 2.24) is 4.72 Å². The largest absolute Gasteiger partial charge is 0.242 e. The molecule has 0 aliphatic rings. The second-order valence-corrected chi connectivity index (χ2v) is 5.49. The summed E-state index contributed by atoms with van der Waals surface area (Å²) in [5.41, 5.74) is 0.237. The summed E-state index contributed by atoms with van der Waals surface area (Å²) in [7, 11) is -3.74. The van der Waals surface area contributed by atoms with Gasteiger partial charge in [0.05, 0.1) is 16.7 Å². The topological polar surface area (TPSA) is 70.0 Å². The first-order valence-corrected chi connectivity index (χ1v) is 6.61. The molecule has 1 rings (SSSR count). The predicted molar refractivity (Wildman–Crippen MR) is 66.1 cm³/mol. The van der Waals surface area contributed by atoms with E-state index in [0.29, 0.717) is 0 Å². The van der Waals surface area contributed by atoms with Crippen LogP contribution >= 0.6 is 11.6 Å². The first-order chi connectivity index (χ1) is 7.90. The van der Waals surface area contributed by atoms with Gasteiger partial charge in [-0.3, -0.25) is 0 Å². The van der Waals surface area contributed by atoms with Crippen molar-refractivity contribution in [1.29, 1.82) is 5.26 Å². The maximum absolute atomic E-state index is 11.9. The van der Waals surface area contributed by atoms with Gasteiger partial charge in [-0.25, -0.2) is 13.1 Å². The smallest absolute Gasteiger partial charge is 0.207 e. The van der Waals surface area contributed by atoms with Gasteiger partial charge < -0.3 is 0 Å². The fourth-order valence-corrected chi connectivity index (χ4v) is 2.88. The summed E-state index contributed by atoms with van der Waals surface area (Å²) in [4.78, 5) is -0.105. The molecule has 0 aliphatic heterocycles. The average Bonchev–Trinajstić information content (AvgIpc) is 2.28. The maximum atomic E-state index is 11.9. The SMILES string of the molecule is C=CC(C)NS(=O)(=O)c1cc(C#N)ccc1Cl. The number of hydrogen-bond donors (Lipinski definition) is 1. The van der Waals surface area contributed by atoms with Crippen LogP contribution < -0.4 is 4.72 Å². The normalized spacial score (nSPS) is 12.8. The minimum Gasteiger partial charge on any atom is -0.207 e. The van der Waals surface area contributed by atoms with Gasteiger partial charge in [0.15, 0.2) is 0 Å². The molecule has 1 atom stereocenters. The van der Waals surface area contributed by atoms with Gasteiger partial charge in [0.1, 0.15) is 4.90 Å². The van der Waals surface area contributed by atoms with E-state index in [1.165, 1.54) is 24.3 Å². The van der Waals surface area contributed by atoms with Crippen LogP contribution in [0.5, 0.6) is 0 Å². The van der Waals surface area contributed by atoms with Crippen LogP contribution in [-0.2, 0) is 10.0 Å². The lowest BCUT2D eigenvalue weighted by atomic mass is 10.2. The summed E-state index contributed by atoms with van der Waals surface area (Å²) < 4.78 is 26.3. The van der Waals surface area contributed by atoms with E-state index < -0.39 is 16.1 Å². The highest BCUT2D eigenvalue weighted by atomic mass is 35.5. The maximum Gasteiger partial charge on any atom is 0.242 e. The summed E-state index contributed by atoms with van der Waals surface area (Å²) in [5, 5.41) is 8.80. The third kappa shape index (κ3) is 3.30. The molecule has 6 heteroatoms. The Morgan fingerprint density at radius 2 is 2.24 bits per heavy atom. The zero-order valence-electron chi connectivity index (χ0n) is 9.14. The standard InChI is InChI=1S/C11H11ClN2O2S/c1-3-8(2)14-17(15,16)11-6-9(7-13)4-5-10(11)12/h3-6,8,14H,1H2,2H3. The van der Waals surface area contributed by atoms with Crippen molar-refractivity contribution in [2.24, 2.45) is 0 Å². The molecule has 0 aromatic heterocycles. The van der Waals surface area contributed by atoms with E-state index in [-0.39, 0.29) is 15.5 Å². The minimum absolute atomic E-state index is 0.0766. The molecule has 90 valence electrons. The highest BCUT2D eigenvalue weighted by Crippen LogP contribution is 2.22. The van der Waals surface area contributed by atoms with Gasteiger partial charge in [-0.2, -0.15) is 5.26 Å². The summed E-state index contributed by atoms with van der Waals surface area (Å²) in [6.07, 6.45) is 1.46. The number of nitriles is 1. The molecule has 0 saturated heterocycles. The Kier molecular flexibility index (Phi) is 4.29. The molecule has 0 amide bonds. The van der Waals surface area contributed by atoms with E-state index in [2.05, 4.69) is 11.3 Å². The number of benzene rings is 1. The van der Waals surface area contributed by atoms with Gasteiger partial charge in [-0.05, 0) is 25.1 Å². The molecular weight excluding hydrogens is 260 g/mol. The van der Waals surface area contributed by atoms with E-state index in [4.69, 9.17) is 16.9 Å². The van der Waals surface area contributed by atoms with Crippen LogP contribution in [0.3, 0.4) is 0 Å². The Morgan fingerprint density at radius 1 is 1.59 bits per heavy atom. The molecule has 4 nitrogen and oxygen atoms in total. The molecule has 0 radical (unpaired) electrons. The molecule has 0 aliphatic carbocycles. The molecule has 1 N–H and O–H groups in total. The lowest BCUT2D eigenvalue weighted by molar-refractivity contribution is 0.576. The second-order valence-electron chi connectivity index (χ2n) is 3.40. The molecule has 0 saturated carbocycles. The summed E-state index contributed by atoms with van der Waals surface area (Å²) in [6, 6.07) is 5.52. The van der Waals surface area contributed by atoms with Gasteiger partial charge in [-0.15, -0.1) is 6.58 Å². The van der Waals surface area contributed by atoms with E-state index in [9.17, 15) is 8.42 Å². The van der Waals surface area contributed by atoms with E-state index in [1.807, 2.05) is 6.07 Å². The molecule has 0 spiro atoms. The lowest BCUT2D eigenvalue weighted by Crippen LogP contribution is -2.31. The second kappa shape index (κ2) is 5.32. The highest BCUT2D eigenvalue weighted by Gasteiger charge is 2.19. The van der Waals surface area contributed by atoms with Gasteiger partial charge in [-0.1, -0.05) is 17.7 Å². The monoisotopic (exact) mass is 270 g/mol. The number of rotatable bonds is 4. The van der Waals surface area contributed by atoms with Crippen LogP contribution in [0.25, 0.3) is 0 Å². The van der Waals surface area contributed by atoms with Gasteiger partial charge in [0, 0.05) is 6.04 Å². The van der Waals surface area contributed by atoms with Crippen LogP contribution in [0.15, 0.2) is 35.7 Å². The van der Waals surface area contributed by atoms with Crippen molar-refractivity contribution in [2.75, 3.05) is 0 Å². The van der Waals surface area contributed by atoms with Crippen molar-refractivity contribution in [2.45, 2.75) is 17.9 Å². The molecule has 1 aromatic carbocycles. The van der Waals surface area contributed by atoms with E-state index in [0.717, 1.165) is 0 Å². The Hall–Kier alpha value is -1.35. The highest BCUT2D eigenvalue weighted by molar-refractivity contribution is 7.89. The van der Waals surface area contributed by atoms with Crippen LogP contribution in [0, 0.1) is 11.3 Å². The zero-order chi connectivity index (χ0) is 13.1. The third-order valence-electron chi connectivity index (χ3n) is 2.04. The molecule has 0 fully saturated rings. The first kappa shape index (κ1) is 13.7. The first-order valence-electron chi connectivity index (χ1n) is 4.75. The van der Waals surface area contributed by atoms with Crippen LogP contribution in [0.4, 0.5) is 0 Å². The van der Waals surface area contributed by atoms with E-state index in [1.54, 1.807) is 6.92 Å². The molecule has 1 aromatic rings. The van der Waals surface area contributed by atoms with Crippen molar-refractivity contribution < 1.29 is 8.42 Å². The van der Waals surface area contributed by atoms with Gasteiger partial charge in [0.2, 0.25) is 10.0 Å². The summed E-state index contributed by atoms with van der Waals surface area (Å²) in [5.74, 6) is 0. The fourth-order valence-electron chi connectivity index (χ4n) is 1.14. The number of nitrogens with one attached hydrogen (secondary N) is 1. The van der Waals surface area contributed by atoms with Crippen molar-refractivity contribution in [3.05, 3.63) is 41.4 Å². The number of hydrogen-bond acceptors (Lipinski definition) is 3.